The van der Waals surface area contributed by atoms with E-state index in [9.17, 15) is 4.79 Å². The second-order valence-electron chi connectivity index (χ2n) is 6.39. The molecular formula is C19H19N3O2. The summed E-state index contributed by atoms with van der Waals surface area (Å²) in [7, 11) is 0. The van der Waals surface area contributed by atoms with Crippen molar-refractivity contribution in [2.45, 2.75) is 26.7 Å². The molecular weight excluding hydrogens is 302 g/mol. The molecule has 1 aliphatic heterocycles. The van der Waals surface area contributed by atoms with Crippen molar-refractivity contribution in [2.75, 3.05) is 13.1 Å². The van der Waals surface area contributed by atoms with Gasteiger partial charge in [0.05, 0.1) is 10.9 Å². The van der Waals surface area contributed by atoms with Crippen molar-refractivity contribution in [1.29, 1.82) is 0 Å². The summed E-state index contributed by atoms with van der Waals surface area (Å²) < 4.78 is 5.44. The van der Waals surface area contributed by atoms with Gasteiger partial charge in [-0.3, -0.25) is 4.79 Å². The van der Waals surface area contributed by atoms with Crippen LogP contribution in [0, 0.1) is 13.8 Å². The van der Waals surface area contributed by atoms with Gasteiger partial charge in [0.1, 0.15) is 5.69 Å². The summed E-state index contributed by atoms with van der Waals surface area (Å²) in [6, 6.07) is 9.89. The van der Waals surface area contributed by atoms with Crippen molar-refractivity contribution in [1.82, 2.24) is 15.0 Å². The van der Waals surface area contributed by atoms with Crippen molar-refractivity contribution in [3.63, 3.8) is 0 Å². The molecule has 1 amide bonds. The van der Waals surface area contributed by atoms with Crippen molar-refractivity contribution in [2.24, 2.45) is 0 Å². The predicted octanol–water partition coefficient (Wildman–Crippen LogP) is 3.74. The van der Waals surface area contributed by atoms with Crippen LogP contribution in [0.1, 0.15) is 34.5 Å². The van der Waals surface area contributed by atoms with E-state index in [0.717, 1.165) is 37.2 Å². The second-order valence-corrected chi connectivity index (χ2v) is 6.39. The quantitative estimate of drug-likeness (QED) is 0.721. The van der Waals surface area contributed by atoms with Crippen LogP contribution in [0.25, 0.3) is 22.4 Å². The van der Waals surface area contributed by atoms with Gasteiger partial charge in [-0.15, -0.1) is 0 Å². The SMILES string of the molecule is Cc1ccc(-c2noc3nc(C)cc(C(=O)N4CCCC4)c23)cc1. The molecule has 0 spiro atoms. The van der Waals surface area contributed by atoms with E-state index in [2.05, 4.69) is 10.1 Å². The molecule has 0 bridgehead atoms. The maximum absolute atomic E-state index is 13.0. The average Bonchev–Trinajstić information content (AvgIpc) is 3.23. The topological polar surface area (TPSA) is 59.2 Å². The van der Waals surface area contributed by atoms with Crippen molar-refractivity contribution in [3.8, 4) is 11.3 Å². The maximum Gasteiger partial charge on any atom is 0.259 e. The van der Waals surface area contributed by atoms with E-state index in [4.69, 9.17) is 4.52 Å². The lowest BCUT2D eigenvalue weighted by Crippen LogP contribution is -2.28. The Balaban J connectivity index is 1.90. The van der Waals surface area contributed by atoms with Crippen LogP contribution in [0.15, 0.2) is 34.9 Å². The molecule has 1 aliphatic rings. The fourth-order valence-electron chi connectivity index (χ4n) is 3.24. The van der Waals surface area contributed by atoms with Gasteiger partial charge in [0.25, 0.3) is 11.6 Å². The van der Waals surface area contributed by atoms with Gasteiger partial charge in [-0.05, 0) is 32.8 Å². The second kappa shape index (κ2) is 5.74. The van der Waals surface area contributed by atoms with Gasteiger partial charge in [0.15, 0.2) is 0 Å². The fourth-order valence-corrected chi connectivity index (χ4v) is 3.24. The van der Waals surface area contributed by atoms with E-state index in [1.165, 1.54) is 5.56 Å². The third-order valence-corrected chi connectivity index (χ3v) is 4.52. The first-order chi connectivity index (χ1) is 11.6. The van der Waals surface area contributed by atoms with Crippen molar-refractivity contribution < 1.29 is 9.32 Å². The number of pyridine rings is 1. The van der Waals surface area contributed by atoms with Crippen LogP contribution in [0.3, 0.4) is 0 Å². The van der Waals surface area contributed by atoms with Gasteiger partial charge >= 0.3 is 0 Å². The number of aromatic nitrogens is 2. The minimum atomic E-state index is 0.0413. The van der Waals surface area contributed by atoms with Gasteiger partial charge in [0, 0.05) is 24.3 Å². The Morgan fingerprint density at radius 2 is 1.83 bits per heavy atom. The summed E-state index contributed by atoms with van der Waals surface area (Å²) in [6.07, 6.45) is 2.13. The van der Waals surface area contributed by atoms with E-state index in [0.29, 0.717) is 22.4 Å². The van der Waals surface area contributed by atoms with Gasteiger partial charge in [0.2, 0.25) is 0 Å². The summed E-state index contributed by atoms with van der Waals surface area (Å²) in [6.45, 7) is 5.53. The Bertz CT molecular complexity index is 906. The molecule has 1 aromatic carbocycles. The average molecular weight is 321 g/mol. The molecule has 3 aromatic rings. The highest BCUT2D eigenvalue weighted by Gasteiger charge is 2.25. The Morgan fingerprint density at radius 1 is 1.12 bits per heavy atom. The zero-order valence-corrected chi connectivity index (χ0v) is 13.9. The highest BCUT2D eigenvalue weighted by atomic mass is 16.5. The minimum Gasteiger partial charge on any atom is -0.339 e. The number of aryl methyl sites for hydroxylation is 2. The largest absolute Gasteiger partial charge is 0.339 e. The maximum atomic E-state index is 13.0. The standard InChI is InChI=1S/C19H19N3O2/c1-12-5-7-14(8-6-12)17-16-15(19(23)22-9-3-4-10-22)11-13(2)20-18(16)24-21-17/h5-8,11H,3-4,9-10H2,1-2H3. The molecule has 1 saturated heterocycles. The molecule has 0 atom stereocenters. The van der Waals surface area contributed by atoms with Crippen LogP contribution in [-0.4, -0.2) is 34.0 Å². The third-order valence-electron chi connectivity index (χ3n) is 4.52. The Morgan fingerprint density at radius 3 is 2.54 bits per heavy atom. The first-order valence-electron chi connectivity index (χ1n) is 8.27. The summed E-state index contributed by atoms with van der Waals surface area (Å²) in [4.78, 5) is 19.3. The molecule has 2 aromatic heterocycles. The molecule has 0 aliphatic carbocycles. The number of nitrogens with zero attached hydrogens (tertiary/aromatic N) is 3. The number of likely N-dealkylation sites (tertiary alicyclic amines) is 1. The first-order valence-corrected chi connectivity index (χ1v) is 8.27. The molecule has 0 N–H and O–H groups in total. The van der Waals surface area contributed by atoms with Gasteiger partial charge in [-0.1, -0.05) is 35.0 Å². The Hall–Kier alpha value is -2.69. The fraction of sp³-hybridized carbons (Fsp3) is 0.316. The monoisotopic (exact) mass is 321 g/mol. The highest BCUT2D eigenvalue weighted by molar-refractivity contribution is 6.09. The van der Waals surface area contributed by atoms with Crippen molar-refractivity contribution in [3.05, 3.63) is 47.2 Å². The lowest BCUT2D eigenvalue weighted by atomic mass is 10.0. The normalized spacial score (nSPS) is 14.5. The third kappa shape index (κ3) is 2.46. The number of carbonyl (C=O) groups excluding carboxylic acids is 1. The molecule has 5 heteroatoms. The number of hydrogen-bond donors (Lipinski definition) is 0. The Labute approximate surface area is 140 Å². The van der Waals surface area contributed by atoms with Crippen LogP contribution in [0.2, 0.25) is 0 Å². The Kier molecular flexibility index (Phi) is 3.56. The molecule has 3 heterocycles. The molecule has 0 unspecified atom stereocenters. The molecule has 1 fully saturated rings. The summed E-state index contributed by atoms with van der Waals surface area (Å²) >= 11 is 0. The van der Waals surface area contributed by atoms with E-state index < -0.39 is 0 Å². The van der Waals surface area contributed by atoms with E-state index in [-0.39, 0.29) is 5.91 Å². The lowest BCUT2D eigenvalue weighted by molar-refractivity contribution is 0.0794. The number of hydrogen-bond acceptors (Lipinski definition) is 4. The molecule has 4 rings (SSSR count). The molecule has 24 heavy (non-hydrogen) atoms. The van der Waals surface area contributed by atoms with Gasteiger partial charge < -0.3 is 9.42 Å². The molecule has 122 valence electrons. The predicted molar refractivity (Wildman–Crippen MR) is 91.9 cm³/mol. The number of benzene rings is 1. The summed E-state index contributed by atoms with van der Waals surface area (Å²) in [5.74, 6) is 0.0413. The smallest absolute Gasteiger partial charge is 0.259 e. The van der Waals surface area contributed by atoms with E-state index >= 15 is 0 Å². The molecule has 5 nitrogen and oxygen atoms in total. The number of carbonyl (C=O) groups is 1. The summed E-state index contributed by atoms with van der Waals surface area (Å²) in [5.41, 5.74) is 4.61. The van der Waals surface area contributed by atoms with Crippen LogP contribution in [0.4, 0.5) is 0 Å². The number of fused-ring (bicyclic) bond motifs is 1. The molecule has 0 radical (unpaired) electrons. The lowest BCUT2D eigenvalue weighted by Gasteiger charge is -2.16. The van der Waals surface area contributed by atoms with Gasteiger partial charge in [-0.2, -0.15) is 0 Å². The minimum absolute atomic E-state index is 0.0413. The van der Waals surface area contributed by atoms with Gasteiger partial charge in [-0.25, -0.2) is 4.98 Å². The highest BCUT2D eigenvalue weighted by Crippen LogP contribution is 2.31. The van der Waals surface area contributed by atoms with Crippen LogP contribution in [0.5, 0.6) is 0 Å². The van der Waals surface area contributed by atoms with Crippen LogP contribution in [-0.2, 0) is 0 Å². The number of amides is 1. The number of rotatable bonds is 2. The zero-order valence-electron chi connectivity index (χ0n) is 13.9. The first kappa shape index (κ1) is 14.9. The van der Waals surface area contributed by atoms with Crippen LogP contribution < -0.4 is 0 Å². The summed E-state index contributed by atoms with van der Waals surface area (Å²) in [5, 5.41) is 4.91. The van der Waals surface area contributed by atoms with Crippen LogP contribution >= 0.6 is 0 Å². The van der Waals surface area contributed by atoms with E-state index in [1.807, 2.05) is 49.1 Å². The zero-order chi connectivity index (χ0) is 16.7. The van der Waals surface area contributed by atoms with Crippen molar-refractivity contribution >= 4 is 17.0 Å². The molecule has 0 saturated carbocycles. The van der Waals surface area contributed by atoms with E-state index in [1.54, 1.807) is 0 Å².